The first-order valence-corrected chi connectivity index (χ1v) is 10.5. The number of aliphatic hydroxyl groups excluding tert-OH is 1. The number of hydrogen-bond acceptors (Lipinski definition) is 5. The highest BCUT2D eigenvalue weighted by molar-refractivity contribution is 6.46. The Hall–Kier alpha value is -4.00. The molecule has 0 saturated carbocycles. The maximum atomic E-state index is 13.6. The van der Waals surface area contributed by atoms with E-state index >= 15 is 0 Å². The minimum absolute atomic E-state index is 0.0132. The van der Waals surface area contributed by atoms with Crippen LogP contribution in [-0.4, -0.2) is 32.8 Å². The molecule has 1 atom stereocenters. The molecule has 0 aliphatic carbocycles. The molecule has 4 rings (SSSR count). The lowest BCUT2D eigenvalue weighted by atomic mass is 9.95. The minimum Gasteiger partial charge on any atom is -0.507 e. The Morgan fingerprint density at radius 2 is 1.79 bits per heavy atom. The fourth-order valence-electron chi connectivity index (χ4n) is 3.84. The molecule has 0 bridgehead atoms. The highest BCUT2D eigenvalue weighted by Gasteiger charge is 2.46. The van der Waals surface area contributed by atoms with Crippen molar-refractivity contribution in [1.29, 1.82) is 0 Å². The van der Waals surface area contributed by atoms with Gasteiger partial charge in [-0.05, 0) is 67.4 Å². The van der Waals surface area contributed by atoms with Crippen LogP contribution in [0.25, 0.3) is 5.76 Å². The number of rotatable bonds is 6. The van der Waals surface area contributed by atoms with Gasteiger partial charge in [-0.2, -0.15) is 0 Å². The van der Waals surface area contributed by atoms with Gasteiger partial charge in [-0.1, -0.05) is 18.2 Å². The molecule has 2 aromatic carbocycles. The Labute approximate surface area is 191 Å². The number of carbonyl (C=O) groups excluding carboxylic acids is 2. The second-order valence-electron chi connectivity index (χ2n) is 8.03. The van der Waals surface area contributed by atoms with Crippen LogP contribution in [-0.2, 0) is 16.1 Å². The van der Waals surface area contributed by atoms with Gasteiger partial charge in [0.05, 0.1) is 17.7 Å². The highest BCUT2D eigenvalue weighted by atomic mass is 19.1. The normalized spacial score (nSPS) is 17.6. The van der Waals surface area contributed by atoms with Crippen molar-refractivity contribution in [1.82, 2.24) is 9.88 Å². The molecule has 1 saturated heterocycles. The Morgan fingerprint density at radius 3 is 2.39 bits per heavy atom. The van der Waals surface area contributed by atoms with E-state index in [0.717, 1.165) is 5.56 Å². The van der Waals surface area contributed by atoms with Crippen LogP contribution in [0.1, 0.15) is 36.6 Å². The molecule has 1 aromatic heterocycles. The zero-order chi connectivity index (χ0) is 23.5. The first-order valence-electron chi connectivity index (χ1n) is 10.5. The summed E-state index contributed by atoms with van der Waals surface area (Å²) in [6.45, 7) is 3.92. The molecule has 1 N–H and O–H groups in total. The van der Waals surface area contributed by atoms with E-state index in [0.29, 0.717) is 16.9 Å². The lowest BCUT2D eigenvalue weighted by Gasteiger charge is -2.25. The van der Waals surface area contributed by atoms with Gasteiger partial charge in [0, 0.05) is 24.5 Å². The number of amides is 1. The number of Topliss-reactive ketones (excluding diaryl/α,β-unsaturated/α-hetero) is 1. The third-order valence-corrected chi connectivity index (χ3v) is 5.30. The smallest absolute Gasteiger partial charge is 0.295 e. The van der Waals surface area contributed by atoms with E-state index in [4.69, 9.17) is 4.74 Å². The van der Waals surface area contributed by atoms with Crippen molar-refractivity contribution in [3.8, 4) is 5.75 Å². The van der Waals surface area contributed by atoms with Gasteiger partial charge in [0.15, 0.2) is 0 Å². The number of aromatic nitrogens is 1. The molecule has 1 fully saturated rings. The molecule has 2 heterocycles. The zero-order valence-corrected chi connectivity index (χ0v) is 18.2. The molecule has 0 unspecified atom stereocenters. The molecule has 168 valence electrons. The number of halogens is 1. The lowest BCUT2D eigenvalue weighted by molar-refractivity contribution is -0.140. The summed E-state index contributed by atoms with van der Waals surface area (Å²) in [7, 11) is 0. The predicted octanol–water partition coefficient (Wildman–Crippen LogP) is 4.63. The summed E-state index contributed by atoms with van der Waals surface area (Å²) in [6.07, 6.45) is 3.21. The number of aliphatic hydroxyl groups is 1. The second kappa shape index (κ2) is 9.24. The molecule has 7 heteroatoms. The maximum absolute atomic E-state index is 13.6. The number of nitrogens with zero attached hydrogens (tertiary/aromatic N) is 2. The molecule has 1 amide bonds. The summed E-state index contributed by atoms with van der Waals surface area (Å²) in [4.78, 5) is 31.5. The molecule has 6 nitrogen and oxygen atoms in total. The van der Waals surface area contributed by atoms with E-state index < -0.39 is 23.5 Å². The average molecular weight is 446 g/mol. The first-order chi connectivity index (χ1) is 15.8. The van der Waals surface area contributed by atoms with Gasteiger partial charge < -0.3 is 14.7 Å². The van der Waals surface area contributed by atoms with Crippen LogP contribution in [0.3, 0.4) is 0 Å². The second-order valence-corrected chi connectivity index (χ2v) is 8.03. The molecule has 1 aliphatic heterocycles. The summed E-state index contributed by atoms with van der Waals surface area (Å²) in [5.41, 5.74) is 1.56. The van der Waals surface area contributed by atoms with E-state index in [1.54, 1.807) is 48.8 Å². The Bertz CT molecular complexity index is 1190. The van der Waals surface area contributed by atoms with Crippen LogP contribution in [0.4, 0.5) is 4.39 Å². The number of ether oxygens (including phenoxy) is 1. The molecule has 33 heavy (non-hydrogen) atoms. The minimum atomic E-state index is -0.877. The first kappa shape index (κ1) is 22.2. The third-order valence-electron chi connectivity index (χ3n) is 5.30. The predicted molar refractivity (Wildman–Crippen MR) is 121 cm³/mol. The number of hydrogen-bond donors (Lipinski definition) is 1. The van der Waals surface area contributed by atoms with Crippen LogP contribution in [0.5, 0.6) is 5.75 Å². The Balaban J connectivity index is 1.79. The molecule has 3 aromatic rings. The zero-order valence-electron chi connectivity index (χ0n) is 18.2. The highest BCUT2D eigenvalue weighted by Crippen LogP contribution is 2.40. The van der Waals surface area contributed by atoms with Crippen molar-refractivity contribution in [3.05, 3.63) is 101 Å². The van der Waals surface area contributed by atoms with Crippen molar-refractivity contribution < 1.29 is 23.8 Å². The summed E-state index contributed by atoms with van der Waals surface area (Å²) < 4.78 is 19.2. The third kappa shape index (κ3) is 4.62. The van der Waals surface area contributed by atoms with E-state index in [1.807, 2.05) is 13.8 Å². The molecular formula is C26H23FN2O4. The van der Waals surface area contributed by atoms with Crippen molar-refractivity contribution in [2.24, 2.45) is 0 Å². The van der Waals surface area contributed by atoms with Crippen LogP contribution in [0.15, 0.2) is 78.6 Å². The number of benzene rings is 2. The standard InChI is InChI=1S/C26H23FN2O4/c1-16(2)33-21-11-7-19(8-12-21)24(30)22-23(18-5-9-20(27)10-6-18)29(26(32)25(22)31)15-17-4-3-13-28-14-17/h3-14,16,23,30H,15H2,1-2H3/t23-/m1/s1. The summed E-state index contributed by atoms with van der Waals surface area (Å²) in [5, 5.41) is 11.1. The fraction of sp³-hybridized carbons (Fsp3) is 0.192. The lowest BCUT2D eigenvalue weighted by Crippen LogP contribution is -2.29. The number of pyridine rings is 1. The SMILES string of the molecule is CC(C)Oc1ccc(C(O)=C2C(=O)C(=O)N(Cc3cccnc3)[C@@H]2c2ccc(F)cc2)cc1. The van der Waals surface area contributed by atoms with Gasteiger partial charge in [0.2, 0.25) is 0 Å². The summed E-state index contributed by atoms with van der Waals surface area (Å²) in [5.74, 6) is -1.66. The van der Waals surface area contributed by atoms with E-state index in [1.165, 1.54) is 29.2 Å². The van der Waals surface area contributed by atoms with Gasteiger partial charge in [0.1, 0.15) is 17.3 Å². The molecule has 1 aliphatic rings. The van der Waals surface area contributed by atoms with Crippen LogP contribution >= 0.6 is 0 Å². The molecule has 0 radical (unpaired) electrons. The van der Waals surface area contributed by atoms with E-state index in [2.05, 4.69) is 4.98 Å². The number of ketones is 1. The average Bonchev–Trinajstić information content (AvgIpc) is 3.05. The maximum Gasteiger partial charge on any atom is 0.295 e. The number of carbonyl (C=O) groups is 2. The van der Waals surface area contributed by atoms with Gasteiger partial charge in [-0.15, -0.1) is 0 Å². The monoisotopic (exact) mass is 446 g/mol. The van der Waals surface area contributed by atoms with Gasteiger partial charge in [-0.25, -0.2) is 4.39 Å². The Morgan fingerprint density at radius 1 is 1.09 bits per heavy atom. The van der Waals surface area contributed by atoms with Crippen molar-refractivity contribution in [2.75, 3.05) is 0 Å². The number of likely N-dealkylation sites (tertiary alicyclic amines) is 1. The van der Waals surface area contributed by atoms with Crippen molar-refractivity contribution in [3.63, 3.8) is 0 Å². The molecule has 0 spiro atoms. The quantitative estimate of drug-likeness (QED) is 0.339. The van der Waals surface area contributed by atoms with Gasteiger partial charge in [-0.3, -0.25) is 14.6 Å². The molecular weight excluding hydrogens is 423 g/mol. The van der Waals surface area contributed by atoms with Crippen molar-refractivity contribution >= 4 is 17.4 Å². The fourth-order valence-corrected chi connectivity index (χ4v) is 3.84. The van der Waals surface area contributed by atoms with Crippen LogP contribution < -0.4 is 4.74 Å². The largest absolute Gasteiger partial charge is 0.507 e. The van der Waals surface area contributed by atoms with E-state index in [-0.39, 0.29) is 24.0 Å². The van der Waals surface area contributed by atoms with E-state index in [9.17, 15) is 19.1 Å². The Kier molecular flexibility index (Phi) is 6.22. The van der Waals surface area contributed by atoms with Crippen LogP contribution in [0, 0.1) is 5.82 Å². The van der Waals surface area contributed by atoms with Crippen LogP contribution in [0.2, 0.25) is 0 Å². The topological polar surface area (TPSA) is 79.7 Å². The van der Waals surface area contributed by atoms with Gasteiger partial charge >= 0.3 is 0 Å². The van der Waals surface area contributed by atoms with Gasteiger partial charge in [0.25, 0.3) is 11.7 Å². The van der Waals surface area contributed by atoms with Crippen molar-refractivity contribution in [2.45, 2.75) is 32.5 Å². The summed E-state index contributed by atoms with van der Waals surface area (Å²) >= 11 is 0. The summed E-state index contributed by atoms with van der Waals surface area (Å²) in [6, 6.07) is 14.8.